The number of nitro benzene ring substituents is 1. The summed E-state index contributed by atoms with van der Waals surface area (Å²) >= 11 is 0. The topological polar surface area (TPSA) is 101 Å². The van der Waals surface area contributed by atoms with Gasteiger partial charge < -0.3 is 5.32 Å². The summed E-state index contributed by atoms with van der Waals surface area (Å²) < 4.78 is 27.1. The van der Waals surface area contributed by atoms with Crippen LogP contribution in [0.15, 0.2) is 23.1 Å². The Labute approximate surface area is 123 Å². The minimum absolute atomic E-state index is 0.289. The predicted molar refractivity (Wildman–Crippen MR) is 79.8 cm³/mol. The summed E-state index contributed by atoms with van der Waals surface area (Å²) in [5, 5.41) is 14.2. The summed E-state index contributed by atoms with van der Waals surface area (Å²) in [7, 11) is -3.89. The molecule has 0 heterocycles. The Hall–Kier alpha value is -1.67. The SMILES string of the molecule is CCCNc1ccc(S(=O)(=O)NC2(C)CC2)c([N+](=O)[O-])c1. The van der Waals surface area contributed by atoms with Crippen LogP contribution >= 0.6 is 0 Å². The molecule has 0 spiro atoms. The van der Waals surface area contributed by atoms with E-state index in [2.05, 4.69) is 10.0 Å². The van der Waals surface area contributed by atoms with Crippen molar-refractivity contribution >= 4 is 21.4 Å². The van der Waals surface area contributed by atoms with Crippen molar-refractivity contribution in [1.29, 1.82) is 0 Å². The number of hydrogen-bond acceptors (Lipinski definition) is 5. The van der Waals surface area contributed by atoms with Crippen molar-refractivity contribution in [1.82, 2.24) is 4.72 Å². The van der Waals surface area contributed by atoms with E-state index >= 15 is 0 Å². The average molecular weight is 313 g/mol. The predicted octanol–water partition coefficient (Wildman–Crippen LogP) is 2.25. The first-order chi connectivity index (χ1) is 9.77. The van der Waals surface area contributed by atoms with Gasteiger partial charge in [0.1, 0.15) is 0 Å². The van der Waals surface area contributed by atoms with E-state index in [0.717, 1.165) is 19.3 Å². The van der Waals surface area contributed by atoms with E-state index in [1.165, 1.54) is 12.1 Å². The van der Waals surface area contributed by atoms with Gasteiger partial charge in [-0.2, -0.15) is 0 Å². The summed E-state index contributed by atoms with van der Waals surface area (Å²) in [6.07, 6.45) is 2.36. The summed E-state index contributed by atoms with van der Waals surface area (Å²) in [6, 6.07) is 4.09. The van der Waals surface area contributed by atoms with Gasteiger partial charge in [0.15, 0.2) is 4.90 Å². The van der Waals surface area contributed by atoms with Crippen LogP contribution in [0.25, 0.3) is 0 Å². The van der Waals surface area contributed by atoms with Crippen LogP contribution in [-0.2, 0) is 10.0 Å². The van der Waals surface area contributed by atoms with Gasteiger partial charge in [0.2, 0.25) is 10.0 Å². The quantitative estimate of drug-likeness (QED) is 0.594. The normalized spacial score (nSPS) is 16.5. The molecule has 1 aliphatic carbocycles. The van der Waals surface area contributed by atoms with Crippen molar-refractivity contribution in [3.05, 3.63) is 28.3 Å². The molecular formula is C13H19N3O4S. The first-order valence-corrected chi connectivity index (χ1v) is 8.32. The molecule has 0 amide bonds. The van der Waals surface area contributed by atoms with Crippen molar-refractivity contribution in [2.45, 2.75) is 43.5 Å². The molecule has 1 saturated carbocycles. The lowest BCUT2D eigenvalue weighted by Crippen LogP contribution is -2.34. The highest BCUT2D eigenvalue weighted by Crippen LogP contribution is 2.37. The second-order valence-electron chi connectivity index (χ2n) is 5.53. The second-order valence-corrected chi connectivity index (χ2v) is 7.18. The Balaban J connectivity index is 2.36. The second kappa shape index (κ2) is 5.61. The summed E-state index contributed by atoms with van der Waals surface area (Å²) in [4.78, 5) is 10.2. The molecule has 8 heteroatoms. The fourth-order valence-corrected chi connectivity index (χ4v) is 3.55. The van der Waals surface area contributed by atoms with Crippen LogP contribution < -0.4 is 10.0 Å². The molecule has 0 radical (unpaired) electrons. The molecule has 0 aliphatic heterocycles. The zero-order valence-electron chi connectivity index (χ0n) is 12.0. The van der Waals surface area contributed by atoms with Crippen molar-refractivity contribution in [2.24, 2.45) is 0 Å². The third-order valence-electron chi connectivity index (χ3n) is 3.41. The van der Waals surface area contributed by atoms with Gasteiger partial charge in [-0.3, -0.25) is 10.1 Å². The minimum atomic E-state index is -3.89. The molecule has 0 atom stereocenters. The number of sulfonamides is 1. The maximum Gasteiger partial charge on any atom is 0.291 e. The van der Waals surface area contributed by atoms with Gasteiger partial charge in [-0.05, 0) is 38.3 Å². The maximum absolute atomic E-state index is 12.3. The van der Waals surface area contributed by atoms with Crippen LogP contribution in [0.5, 0.6) is 0 Å². The maximum atomic E-state index is 12.3. The van der Waals surface area contributed by atoms with Gasteiger partial charge in [0.05, 0.1) is 4.92 Å². The van der Waals surface area contributed by atoms with E-state index in [1.54, 1.807) is 13.0 Å². The molecule has 1 aromatic carbocycles. The fraction of sp³-hybridized carbons (Fsp3) is 0.538. The molecular weight excluding hydrogens is 294 g/mol. The van der Waals surface area contributed by atoms with Crippen LogP contribution in [0.4, 0.5) is 11.4 Å². The lowest BCUT2D eigenvalue weighted by atomic mass is 10.2. The Morgan fingerprint density at radius 1 is 1.38 bits per heavy atom. The zero-order chi connectivity index (χ0) is 15.7. The molecule has 1 aromatic rings. The first kappa shape index (κ1) is 15.7. The molecule has 0 unspecified atom stereocenters. The van der Waals surface area contributed by atoms with Crippen molar-refractivity contribution < 1.29 is 13.3 Å². The standard InChI is InChI=1S/C13H19N3O4S/c1-3-8-14-10-4-5-12(11(9-10)16(17)18)21(19,20)15-13(2)6-7-13/h4-5,9,14-15H,3,6-8H2,1-2H3. The third kappa shape index (κ3) is 3.70. The van der Waals surface area contributed by atoms with Gasteiger partial charge in [0.25, 0.3) is 5.69 Å². The Kier molecular flexibility index (Phi) is 4.20. The van der Waals surface area contributed by atoms with Crippen LogP contribution in [0.2, 0.25) is 0 Å². The van der Waals surface area contributed by atoms with Crippen molar-refractivity contribution in [3.8, 4) is 0 Å². The Morgan fingerprint density at radius 3 is 2.57 bits per heavy atom. The van der Waals surface area contributed by atoms with E-state index in [-0.39, 0.29) is 4.90 Å². The van der Waals surface area contributed by atoms with E-state index in [0.29, 0.717) is 12.2 Å². The number of benzene rings is 1. The molecule has 0 aromatic heterocycles. The molecule has 2 rings (SSSR count). The third-order valence-corrected chi connectivity index (χ3v) is 5.09. The van der Waals surface area contributed by atoms with Gasteiger partial charge >= 0.3 is 0 Å². The summed E-state index contributed by atoms with van der Waals surface area (Å²) in [6.45, 7) is 4.42. The monoisotopic (exact) mass is 313 g/mol. The molecule has 1 aliphatic rings. The highest BCUT2D eigenvalue weighted by molar-refractivity contribution is 7.89. The van der Waals surface area contributed by atoms with E-state index in [1.807, 2.05) is 6.92 Å². The summed E-state index contributed by atoms with van der Waals surface area (Å²) in [5.74, 6) is 0. The number of rotatable bonds is 7. The van der Waals surface area contributed by atoms with Crippen LogP contribution in [-0.4, -0.2) is 25.4 Å². The van der Waals surface area contributed by atoms with Crippen LogP contribution in [0.1, 0.15) is 33.1 Å². The molecule has 1 fully saturated rings. The largest absolute Gasteiger partial charge is 0.385 e. The lowest BCUT2D eigenvalue weighted by Gasteiger charge is -2.13. The number of nitro groups is 1. The molecule has 0 bridgehead atoms. The fourth-order valence-electron chi connectivity index (χ4n) is 1.94. The molecule has 7 nitrogen and oxygen atoms in total. The minimum Gasteiger partial charge on any atom is -0.385 e. The average Bonchev–Trinajstić information content (AvgIpc) is 3.12. The van der Waals surface area contributed by atoms with Crippen molar-refractivity contribution in [3.63, 3.8) is 0 Å². The van der Waals surface area contributed by atoms with Crippen molar-refractivity contribution in [2.75, 3.05) is 11.9 Å². The smallest absolute Gasteiger partial charge is 0.291 e. The molecule has 116 valence electrons. The Bertz CT molecular complexity index is 653. The van der Waals surface area contributed by atoms with E-state index in [9.17, 15) is 18.5 Å². The van der Waals surface area contributed by atoms with Gasteiger partial charge in [0, 0.05) is 23.8 Å². The molecule has 21 heavy (non-hydrogen) atoms. The highest BCUT2D eigenvalue weighted by Gasteiger charge is 2.42. The van der Waals surface area contributed by atoms with Gasteiger partial charge in [-0.15, -0.1) is 0 Å². The number of nitrogens with one attached hydrogen (secondary N) is 2. The first-order valence-electron chi connectivity index (χ1n) is 6.84. The van der Waals surface area contributed by atoms with E-state index in [4.69, 9.17) is 0 Å². The van der Waals surface area contributed by atoms with Gasteiger partial charge in [-0.1, -0.05) is 6.92 Å². The highest BCUT2D eigenvalue weighted by atomic mass is 32.2. The van der Waals surface area contributed by atoms with E-state index < -0.39 is 26.2 Å². The van der Waals surface area contributed by atoms with Crippen LogP contribution in [0, 0.1) is 10.1 Å². The number of nitrogens with zero attached hydrogens (tertiary/aromatic N) is 1. The number of hydrogen-bond donors (Lipinski definition) is 2. The summed E-state index contributed by atoms with van der Waals surface area (Å²) in [5.41, 5.74) is -0.334. The zero-order valence-corrected chi connectivity index (χ0v) is 12.9. The Morgan fingerprint density at radius 2 is 2.05 bits per heavy atom. The molecule has 2 N–H and O–H groups in total. The van der Waals surface area contributed by atoms with Gasteiger partial charge in [-0.25, -0.2) is 13.1 Å². The number of anilines is 1. The van der Waals surface area contributed by atoms with Crippen LogP contribution in [0.3, 0.4) is 0 Å². The lowest BCUT2D eigenvalue weighted by molar-refractivity contribution is -0.387. The molecule has 0 saturated heterocycles.